The number of thioether (sulfide) groups is 1. The molecule has 5 heteroatoms. The topological polar surface area (TPSA) is 61.0 Å². The van der Waals surface area contributed by atoms with Gasteiger partial charge in [0.15, 0.2) is 5.16 Å². The summed E-state index contributed by atoms with van der Waals surface area (Å²) >= 11 is 1.60. The molecule has 1 aromatic heterocycles. The lowest BCUT2D eigenvalue weighted by atomic mass is 10.1. The van der Waals surface area contributed by atoms with E-state index in [2.05, 4.69) is 22.1 Å². The van der Waals surface area contributed by atoms with Crippen LogP contribution in [0.25, 0.3) is 0 Å². The lowest BCUT2D eigenvalue weighted by Gasteiger charge is -2.06. The highest BCUT2D eigenvalue weighted by Crippen LogP contribution is 2.15. The van der Waals surface area contributed by atoms with Crippen LogP contribution >= 0.6 is 11.8 Å². The minimum absolute atomic E-state index is 0.637. The molecule has 0 radical (unpaired) electrons. The Morgan fingerprint density at radius 3 is 2.50 bits per heavy atom. The van der Waals surface area contributed by atoms with Crippen molar-refractivity contribution < 1.29 is 4.74 Å². The van der Waals surface area contributed by atoms with Gasteiger partial charge < -0.3 is 10.5 Å². The number of hydrogen-bond donors (Lipinski definition) is 1. The molecule has 0 fully saturated rings. The minimum atomic E-state index is 0.637. The van der Waals surface area contributed by atoms with E-state index in [0.717, 1.165) is 28.6 Å². The van der Waals surface area contributed by atoms with Crippen molar-refractivity contribution in [3.8, 4) is 5.75 Å². The van der Waals surface area contributed by atoms with Crippen LogP contribution in [0.15, 0.2) is 41.8 Å². The van der Waals surface area contributed by atoms with Crippen LogP contribution in [-0.4, -0.2) is 28.9 Å². The van der Waals surface area contributed by atoms with Gasteiger partial charge in [-0.15, -0.1) is 0 Å². The summed E-state index contributed by atoms with van der Waals surface area (Å²) in [6.07, 6.45) is 4.56. The molecule has 0 amide bonds. The van der Waals surface area contributed by atoms with Crippen molar-refractivity contribution in [2.45, 2.75) is 18.5 Å². The molecule has 2 N–H and O–H groups in total. The number of benzene rings is 1. The van der Waals surface area contributed by atoms with Crippen molar-refractivity contribution in [2.24, 2.45) is 5.73 Å². The van der Waals surface area contributed by atoms with Gasteiger partial charge >= 0.3 is 0 Å². The van der Waals surface area contributed by atoms with E-state index in [4.69, 9.17) is 10.5 Å². The van der Waals surface area contributed by atoms with Gasteiger partial charge in [0.2, 0.25) is 0 Å². The molecule has 0 aliphatic rings. The summed E-state index contributed by atoms with van der Waals surface area (Å²) < 4.78 is 5.68. The molecular formula is C15H19N3OS. The summed E-state index contributed by atoms with van der Waals surface area (Å²) in [5.74, 6) is 1.71. The van der Waals surface area contributed by atoms with Crippen LogP contribution in [0.1, 0.15) is 11.1 Å². The van der Waals surface area contributed by atoms with Crippen LogP contribution in [0.5, 0.6) is 5.75 Å². The van der Waals surface area contributed by atoms with Gasteiger partial charge in [-0.2, -0.15) is 0 Å². The van der Waals surface area contributed by atoms with E-state index >= 15 is 0 Å². The van der Waals surface area contributed by atoms with E-state index in [-0.39, 0.29) is 0 Å². The second-order valence-electron chi connectivity index (χ2n) is 4.42. The SMILES string of the molecule is Cc1cnc(SCCOc2ccc(CCN)cc2)nc1. The van der Waals surface area contributed by atoms with Crippen molar-refractivity contribution in [3.63, 3.8) is 0 Å². The standard InChI is InChI=1S/C15H19N3OS/c1-12-10-17-15(18-11-12)20-9-8-19-14-4-2-13(3-5-14)6-7-16/h2-5,10-11H,6-9,16H2,1H3. The van der Waals surface area contributed by atoms with Crippen LogP contribution in [0.4, 0.5) is 0 Å². The van der Waals surface area contributed by atoms with Crippen LogP contribution in [0, 0.1) is 6.92 Å². The van der Waals surface area contributed by atoms with Crippen LogP contribution < -0.4 is 10.5 Å². The van der Waals surface area contributed by atoms with Gasteiger partial charge in [-0.05, 0) is 43.1 Å². The summed E-state index contributed by atoms with van der Waals surface area (Å²) in [5.41, 5.74) is 7.83. The summed E-state index contributed by atoms with van der Waals surface area (Å²) in [7, 11) is 0. The molecule has 2 aromatic rings. The zero-order valence-corrected chi connectivity index (χ0v) is 12.4. The summed E-state index contributed by atoms with van der Waals surface area (Å²) in [6.45, 7) is 3.29. The van der Waals surface area contributed by atoms with Crippen molar-refractivity contribution in [2.75, 3.05) is 18.9 Å². The van der Waals surface area contributed by atoms with Crippen LogP contribution in [-0.2, 0) is 6.42 Å². The molecule has 0 aliphatic carbocycles. The molecule has 4 nitrogen and oxygen atoms in total. The number of rotatable bonds is 7. The average Bonchev–Trinajstić information content (AvgIpc) is 2.47. The number of hydrogen-bond acceptors (Lipinski definition) is 5. The lowest BCUT2D eigenvalue weighted by molar-refractivity contribution is 0.344. The number of nitrogens with zero attached hydrogens (tertiary/aromatic N) is 2. The van der Waals surface area contributed by atoms with Crippen molar-refractivity contribution >= 4 is 11.8 Å². The fourth-order valence-corrected chi connectivity index (χ4v) is 2.27. The molecular weight excluding hydrogens is 270 g/mol. The predicted octanol–water partition coefficient (Wildman–Crippen LogP) is 2.46. The fourth-order valence-electron chi connectivity index (χ4n) is 1.67. The van der Waals surface area contributed by atoms with E-state index < -0.39 is 0 Å². The summed E-state index contributed by atoms with van der Waals surface area (Å²) in [4.78, 5) is 8.48. The van der Waals surface area contributed by atoms with Crippen LogP contribution in [0.3, 0.4) is 0 Å². The van der Waals surface area contributed by atoms with Crippen molar-refractivity contribution in [3.05, 3.63) is 47.8 Å². The Bertz CT molecular complexity index is 514. The van der Waals surface area contributed by atoms with Crippen LogP contribution in [0.2, 0.25) is 0 Å². The first kappa shape index (κ1) is 14.8. The van der Waals surface area contributed by atoms with E-state index in [1.165, 1.54) is 5.56 Å². The zero-order valence-electron chi connectivity index (χ0n) is 11.6. The Hall–Kier alpha value is -1.59. The molecule has 2 rings (SSSR count). The Labute approximate surface area is 123 Å². The highest BCUT2D eigenvalue weighted by Gasteiger charge is 1.99. The Morgan fingerprint density at radius 2 is 1.85 bits per heavy atom. The molecule has 0 saturated carbocycles. The summed E-state index contributed by atoms with van der Waals surface area (Å²) in [5, 5.41) is 0.789. The molecule has 1 heterocycles. The van der Waals surface area contributed by atoms with Gasteiger partial charge in [-0.3, -0.25) is 0 Å². The van der Waals surface area contributed by atoms with Gasteiger partial charge in [0.05, 0.1) is 6.61 Å². The molecule has 0 bridgehead atoms. The molecule has 106 valence electrons. The fraction of sp³-hybridized carbons (Fsp3) is 0.333. The third-order valence-electron chi connectivity index (χ3n) is 2.70. The lowest BCUT2D eigenvalue weighted by Crippen LogP contribution is -2.03. The quantitative estimate of drug-likeness (QED) is 0.482. The maximum atomic E-state index is 5.68. The number of aromatic nitrogens is 2. The molecule has 0 saturated heterocycles. The van der Waals surface area contributed by atoms with E-state index in [9.17, 15) is 0 Å². The smallest absolute Gasteiger partial charge is 0.187 e. The molecule has 0 spiro atoms. The first-order chi connectivity index (χ1) is 9.78. The van der Waals surface area contributed by atoms with Crippen molar-refractivity contribution in [1.29, 1.82) is 0 Å². The largest absolute Gasteiger partial charge is 0.493 e. The highest BCUT2D eigenvalue weighted by atomic mass is 32.2. The van der Waals surface area contributed by atoms with E-state index in [1.54, 1.807) is 11.8 Å². The van der Waals surface area contributed by atoms with E-state index in [0.29, 0.717) is 13.2 Å². The molecule has 0 atom stereocenters. The molecule has 1 aromatic carbocycles. The van der Waals surface area contributed by atoms with Gasteiger partial charge in [0.25, 0.3) is 0 Å². The molecule has 20 heavy (non-hydrogen) atoms. The minimum Gasteiger partial charge on any atom is -0.493 e. The first-order valence-corrected chi connectivity index (χ1v) is 7.60. The Kier molecular flexibility index (Phi) is 5.83. The number of aryl methyl sites for hydroxylation is 1. The highest BCUT2D eigenvalue weighted by molar-refractivity contribution is 7.99. The van der Waals surface area contributed by atoms with Gasteiger partial charge in [0, 0.05) is 18.1 Å². The van der Waals surface area contributed by atoms with E-state index in [1.807, 2.05) is 31.5 Å². The molecule has 0 aliphatic heterocycles. The zero-order chi connectivity index (χ0) is 14.2. The summed E-state index contributed by atoms with van der Waals surface area (Å²) in [6, 6.07) is 8.08. The maximum Gasteiger partial charge on any atom is 0.187 e. The van der Waals surface area contributed by atoms with Gasteiger partial charge in [-0.25, -0.2) is 9.97 Å². The van der Waals surface area contributed by atoms with Gasteiger partial charge in [0.1, 0.15) is 5.75 Å². The third kappa shape index (κ3) is 4.83. The third-order valence-corrected chi connectivity index (χ3v) is 3.54. The Balaban J connectivity index is 1.71. The monoisotopic (exact) mass is 289 g/mol. The normalized spacial score (nSPS) is 10.5. The van der Waals surface area contributed by atoms with Gasteiger partial charge in [-0.1, -0.05) is 23.9 Å². The number of ether oxygens (including phenoxy) is 1. The van der Waals surface area contributed by atoms with Crippen molar-refractivity contribution in [1.82, 2.24) is 9.97 Å². The predicted molar refractivity (Wildman–Crippen MR) is 82.2 cm³/mol. The Morgan fingerprint density at radius 1 is 1.15 bits per heavy atom. The maximum absolute atomic E-state index is 5.68. The molecule has 0 unspecified atom stereocenters. The second kappa shape index (κ2) is 7.87. The first-order valence-electron chi connectivity index (χ1n) is 6.61. The average molecular weight is 289 g/mol. The second-order valence-corrected chi connectivity index (χ2v) is 5.48. The number of nitrogens with two attached hydrogens (primary N) is 1.